The van der Waals surface area contributed by atoms with Crippen LogP contribution in [0.25, 0.3) is 0 Å². The summed E-state index contributed by atoms with van der Waals surface area (Å²) in [5, 5.41) is 19.0. The number of ether oxygens (including phenoxy) is 1. The molecule has 0 fully saturated rings. The predicted octanol–water partition coefficient (Wildman–Crippen LogP) is 5.94. The van der Waals surface area contributed by atoms with Crippen molar-refractivity contribution in [1.82, 2.24) is 9.78 Å². The van der Waals surface area contributed by atoms with E-state index in [9.17, 15) is 14.9 Å². The second-order valence-electron chi connectivity index (χ2n) is 7.99. The van der Waals surface area contributed by atoms with Crippen LogP contribution in [-0.2, 0) is 13.2 Å². The van der Waals surface area contributed by atoms with Gasteiger partial charge in [-0.05, 0) is 55.3 Å². The van der Waals surface area contributed by atoms with Crippen molar-refractivity contribution in [3.8, 4) is 5.75 Å². The van der Waals surface area contributed by atoms with Crippen LogP contribution >= 0.6 is 11.6 Å². The van der Waals surface area contributed by atoms with Crippen molar-refractivity contribution in [3.05, 3.63) is 116 Å². The number of rotatable bonds is 8. The Labute approximate surface area is 207 Å². The fourth-order valence-corrected chi connectivity index (χ4v) is 3.83. The minimum Gasteiger partial charge on any atom is -0.489 e. The number of anilines is 1. The Morgan fingerprint density at radius 2 is 1.83 bits per heavy atom. The summed E-state index contributed by atoms with van der Waals surface area (Å²) in [6, 6.07) is 20.5. The number of amides is 1. The van der Waals surface area contributed by atoms with Crippen LogP contribution in [0.1, 0.15) is 32.9 Å². The molecular weight excluding hydrogens is 468 g/mol. The lowest BCUT2D eigenvalue weighted by Crippen LogP contribution is -2.14. The number of nitro benzene ring substituents is 1. The molecule has 0 aliphatic rings. The van der Waals surface area contributed by atoms with Gasteiger partial charge in [0.2, 0.25) is 0 Å². The molecule has 1 aromatic heterocycles. The van der Waals surface area contributed by atoms with Crippen LogP contribution in [-0.4, -0.2) is 20.6 Å². The minimum atomic E-state index is -0.462. The number of hydrogen-bond acceptors (Lipinski definition) is 5. The maximum absolute atomic E-state index is 13.0. The highest BCUT2D eigenvalue weighted by Crippen LogP contribution is 2.24. The highest BCUT2D eigenvalue weighted by Gasteiger charge is 2.16. The molecule has 35 heavy (non-hydrogen) atoms. The Hall–Kier alpha value is -4.17. The highest BCUT2D eigenvalue weighted by atomic mass is 35.5. The average Bonchev–Trinajstić information content (AvgIpc) is 3.12. The second kappa shape index (κ2) is 10.4. The number of carbonyl (C=O) groups is 1. The summed E-state index contributed by atoms with van der Waals surface area (Å²) in [5.41, 5.74) is 4.41. The molecule has 1 N–H and O–H groups in total. The smallest absolute Gasteiger partial charge is 0.269 e. The number of aryl methyl sites for hydroxylation is 1. The summed E-state index contributed by atoms with van der Waals surface area (Å²) >= 11 is 6.29. The summed E-state index contributed by atoms with van der Waals surface area (Å²) in [7, 11) is 0. The van der Waals surface area contributed by atoms with E-state index < -0.39 is 4.92 Å². The normalized spacial score (nSPS) is 10.7. The van der Waals surface area contributed by atoms with Crippen molar-refractivity contribution in [1.29, 1.82) is 0 Å². The first kappa shape index (κ1) is 24.0. The molecule has 0 spiro atoms. The Bertz CT molecular complexity index is 1380. The van der Waals surface area contributed by atoms with Gasteiger partial charge in [0.15, 0.2) is 0 Å². The maximum Gasteiger partial charge on any atom is 0.269 e. The molecule has 0 aliphatic heterocycles. The molecule has 1 amide bonds. The van der Waals surface area contributed by atoms with Gasteiger partial charge in [0.05, 0.1) is 28.5 Å². The van der Waals surface area contributed by atoms with Gasteiger partial charge in [-0.3, -0.25) is 19.6 Å². The standard InChI is InChI=1S/C26H23ClN4O4/c1-17-25(18(2)30(29-17)15-21-7-3-4-9-24(21)27)28-26(32)20-8-5-6-19(14-20)16-35-23-12-10-22(11-13-23)31(33)34/h3-14H,15-16H2,1-2H3,(H,28,32). The lowest BCUT2D eigenvalue weighted by molar-refractivity contribution is -0.384. The van der Waals surface area contributed by atoms with E-state index in [0.29, 0.717) is 34.3 Å². The molecule has 0 radical (unpaired) electrons. The van der Waals surface area contributed by atoms with Crippen LogP contribution in [0, 0.1) is 24.0 Å². The fraction of sp³-hybridized carbons (Fsp3) is 0.154. The van der Waals surface area contributed by atoms with Crippen molar-refractivity contribution < 1.29 is 14.5 Å². The number of nitrogens with zero attached hydrogens (tertiary/aromatic N) is 3. The van der Waals surface area contributed by atoms with Gasteiger partial charge in [0, 0.05) is 22.7 Å². The van der Waals surface area contributed by atoms with Crippen LogP contribution in [0.5, 0.6) is 5.75 Å². The van der Waals surface area contributed by atoms with Crippen LogP contribution in [0.3, 0.4) is 0 Å². The summed E-state index contributed by atoms with van der Waals surface area (Å²) in [6.07, 6.45) is 0. The number of nitro groups is 1. The number of nitrogens with one attached hydrogen (secondary N) is 1. The van der Waals surface area contributed by atoms with E-state index in [-0.39, 0.29) is 18.2 Å². The number of carbonyl (C=O) groups excluding carboxylic acids is 1. The SMILES string of the molecule is Cc1nn(Cc2ccccc2Cl)c(C)c1NC(=O)c1cccc(COc2ccc([N+](=O)[O-])cc2)c1. The van der Waals surface area contributed by atoms with E-state index in [1.165, 1.54) is 12.1 Å². The molecule has 0 atom stereocenters. The first-order valence-electron chi connectivity index (χ1n) is 10.9. The first-order valence-corrected chi connectivity index (χ1v) is 11.2. The van der Waals surface area contributed by atoms with E-state index in [1.54, 1.807) is 30.3 Å². The Balaban J connectivity index is 1.44. The van der Waals surface area contributed by atoms with Gasteiger partial charge < -0.3 is 10.1 Å². The third-order valence-electron chi connectivity index (χ3n) is 5.54. The molecule has 1 heterocycles. The van der Waals surface area contributed by atoms with E-state index in [4.69, 9.17) is 16.3 Å². The molecular formula is C26H23ClN4O4. The third kappa shape index (κ3) is 5.67. The molecule has 3 aromatic carbocycles. The van der Waals surface area contributed by atoms with E-state index in [0.717, 1.165) is 16.8 Å². The molecule has 9 heteroatoms. The average molecular weight is 491 g/mol. The molecule has 0 aliphatic carbocycles. The number of hydrogen-bond donors (Lipinski definition) is 1. The fourth-order valence-electron chi connectivity index (χ4n) is 3.64. The first-order chi connectivity index (χ1) is 16.8. The van der Waals surface area contributed by atoms with Gasteiger partial charge in [-0.1, -0.05) is 41.9 Å². The molecule has 4 aromatic rings. The summed E-state index contributed by atoms with van der Waals surface area (Å²) in [4.78, 5) is 23.3. The topological polar surface area (TPSA) is 99.3 Å². The van der Waals surface area contributed by atoms with Crippen molar-refractivity contribution >= 4 is 28.9 Å². The Morgan fingerprint density at radius 3 is 2.54 bits per heavy atom. The van der Waals surface area contributed by atoms with Gasteiger partial charge in [-0.15, -0.1) is 0 Å². The third-order valence-corrected chi connectivity index (χ3v) is 5.91. The maximum atomic E-state index is 13.0. The minimum absolute atomic E-state index is 0.00297. The summed E-state index contributed by atoms with van der Waals surface area (Å²) < 4.78 is 7.53. The van der Waals surface area contributed by atoms with Gasteiger partial charge in [-0.25, -0.2) is 0 Å². The number of aromatic nitrogens is 2. The van der Waals surface area contributed by atoms with E-state index in [2.05, 4.69) is 10.4 Å². The van der Waals surface area contributed by atoms with Crippen LogP contribution in [0.4, 0.5) is 11.4 Å². The molecule has 178 valence electrons. The zero-order chi connectivity index (χ0) is 24.9. The molecule has 0 unspecified atom stereocenters. The largest absolute Gasteiger partial charge is 0.489 e. The Morgan fingerprint density at radius 1 is 1.09 bits per heavy atom. The van der Waals surface area contributed by atoms with Crippen molar-refractivity contribution in [2.75, 3.05) is 5.32 Å². The zero-order valence-corrected chi connectivity index (χ0v) is 20.0. The van der Waals surface area contributed by atoms with Crippen molar-refractivity contribution in [2.45, 2.75) is 27.0 Å². The Kier molecular flexibility index (Phi) is 7.12. The number of non-ortho nitro benzene ring substituents is 1. The number of benzene rings is 3. The molecule has 0 saturated carbocycles. The van der Waals surface area contributed by atoms with Crippen LogP contribution in [0.2, 0.25) is 5.02 Å². The predicted molar refractivity (Wildman–Crippen MR) is 134 cm³/mol. The molecule has 4 rings (SSSR count). The van der Waals surface area contributed by atoms with Crippen molar-refractivity contribution in [2.24, 2.45) is 0 Å². The zero-order valence-electron chi connectivity index (χ0n) is 19.2. The van der Waals surface area contributed by atoms with E-state index in [1.807, 2.05) is 48.9 Å². The monoisotopic (exact) mass is 490 g/mol. The quantitative estimate of drug-likeness (QED) is 0.243. The molecule has 0 bridgehead atoms. The lowest BCUT2D eigenvalue weighted by atomic mass is 10.1. The van der Waals surface area contributed by atoms with Gasteiger partial charge in [-0.2, -0.15) is 5.10 Å². The molecule has 0 saturated heterocycles. The van der Waals surface area contributed by atoms with Gasteiger partial charge in [0.1, 0.15) is 12.4 Å². The second-order valence-corrected chi connectivity index (χ2v) is 8.40. The summed E-state index contributed by atoms with van der Waals surface area (Å²) in [5.74, 6) is 0.244. The number of halogens is 1. The van der Waals surface area contributed by atoms with Gasteiger partial charge in [0.25, 0.3) is 11.6 Å². The van der Waals surface area contributed by atoms with Crippen LogP contribution < -0.4 is 10.1 Å². The van der Waals surface area contributed by atoms with Gasteiger partial charge >= 0.3 is 0 Å². The highest BCUT2D eigenvalue weighted by molar-refractivity contribution is 6.31. The summed E-state index contributed by atoms with van der Waals surface area (Å²) in [6.45, 7) is 4.46. The lowest BCUT2D eigenvalue weighted by Gasteiger charge is -2.10. The molecule has 8 nitrogen and oxygen atoms in total. The van der Waals surface area contributed by atoms with E-state index >= 15 is 0 Å². The van der Waals surface area contributed by atoms with Crippen molar-refractivity contribution in [3.63, 3.8) is 0 Å². The van der Waals surface area contributed by atoms with Crippen LogP contribution in [0.15, 0.2) is 72.8 Å².